The number of nitrogens with one attached hydrogen (secondary N) is 1. The van der Waals surface area contributed by atoms with Crippen LogP contribution in [0.2, 0.25) is 0 Å². The Labute approximate surface area is 184 Å². The van der Waals surface area contributed by atoms with E-state index >= 15 is 0 Å². The average molecular weight is 466 g/mol. The van der Waals surface area contributed by atoms with Gasteiger partial charge in [0.25, 0.3) is 5.69 Å². The van der Waals surface area contributed by atoms with Crippen LogP contribution in [-0.4, -0.2) is 39.3 Å². The zero-order chi connectivity index (χ0) is 23.1. The lowest BCUT2D eigenvalue weighted by molar-refractivity contribution is -0.385. The first kappa shape index (κ1) is 23.4. The molecule has 2 aromatic rings. The van der Waals surface area contributed by atoms with E-state index in [4.69, 9.17) is 18.9 Å². The van der Waals surface area contributed by atoms with Crippen molar-refractivity contribution in [2.24, 2.45) is 0 Å². The summed E-state index contributed by atoms with van der Waals surface area (Å²) >= 11 is 0. The molecular weight excluding hydrogens is 444 g/mol. The maximum Gasteiger partial charge on any atom is 0.307 e. The molecule has 0 aliphatic carbocycles. The number of fused-ring (bicyclic) bond motifs is 1. The quantitative estimate of drug-likeness (QED) is 0.317. The highest BCUT2D eigenvalue weighted by Gasteiger charge is 2.22. The van der Waals surface area contributed by atoms with E-state index < -0.39 is 20.9 Å². The summed E-state index contributed by atoms with van der Waals surface area (Å²) in [7, 11) is -3.80. The van der Waals surface area contributed by atoms with Gasteiger partial charge in [0.05, 0.1) is 29.5 Å². The molecule has 11 nitrogen and oxygen atoms in total. The van der Waals surface area contributed by atoms with Crippen LogP contribution in [-0.2, 0) is 37.5 Å². The van der Waals surface area contributed by atoms with E-state index in [2.05, 4.69) is 4.72 Å². The van der Waals surface area contributed by atoms with Crippen molar-refractivity contribution in [3.8, 4) is 11.5 Å². The molecule has 0 unspecified atom stereocenters. The van der Waals surface area contributed by atoms with E-state index in [-0.39, 0.29) is 43.6 Å². The van der Waals surface area contributed by atoms with Crippen LogP contribution < -0.4 is 14.2 Å². The second-order valence-corrected chi connectivity index (χ2v) is 8.44. The molecule has 0 aromatic heterocycles. The number of non-ortho nitro benzene ring substituents is 1. The predicted octanol–water partition coefficient (Wildman–Crippen LogP) is 2.27. The van der Waals surface area contributed by atoms with Crippen molar-refractivity contribution in [3.63, 3.8) is 0 Å². The molecule has 1 aliphatic rings. The van der Waals surface area contributed by atoms with E-state index in [1.165, 1.54) is 24.3 Å². The summed E-state index contributed by atoms with van der Waals surface area (Å²) in [6.07, 6.45) is -0.225. The van der Waals surface area contributed by atoms with Gasteiger partial charge < -0.3 is 18.9 Å². The highest BCUT2D eigenvalue weighted by atomic mass is 32.2. The number of sulfonamides is 1. The molecule has 1 heterocycles. The van der Waals surface area contributed by atoms with Crippen LogP contribution in [0.15, 0.2) is 41.3 Å². The van der Waals surface area contributed by atoms with Crippen LogP contribution in [0, 0.1) is 10.1 Å². The third-order valence-electron chi connectivity index (χ3n) is 4.44. The molecule has 32 heavy (non-hydrogen) atoms. The van der Waals surface area contributed by atoms with Crippen LogP contribution in [0.3, 0.4) is 0 Å². The molecule has 172 valence electrons. The van der Waals surface area contributed by atoms with Gasteiger partial charge in [0.1, 0.15) is 18.1 Å². The Balaban J connectivity index is 1.54. The molecule has 0 saturated heterocycles. The number of carbonyl (C=O) groups is 1. The summed E-state index contributed by atoms with van der Waals surface area (Å²) in [6, 6.07) is 8.50. The number of nitrogens with zero attached hydrogens (tertiary/aromatic N) is 1. The van der Waals surface area contributed by atoms with Gasteiger partial charge in [0.2, 0.25) is 10.0 Å². The lowest BCUT2D eigenvalue weighted by Crippen LogP contribution is -2.26. The first-order valence-electron chi connectivity index (χ1n) is 9.69. The summed E-state index contributed by atoms with van der Waals surface area (Å²) in [5.74, 6) is 0.256. The van der Waals surface area contributed by atoms with Crippen LogP contribution >= 0.6 is 0 Å². The first-order valence-corrected chi connectivity index (χ1v) is 11.2. The Kier molecular flexibility index (Phi) is 7.62. The topological polar surface area (TPSA) is 143 Å². The fourth-order valence-corrected chi connectivity index (χ4v) is 4.01. The van der Waals surface area contributed by atoms with Gasteiger partial charge in [-0.15, -0.1) is 0 Å². The maximum atomic E-state index is 12.3. The number of nitro groups is 1. The Hall–Kier alpha value is -3.22. The summed E-state index contributed by atoms with van der Waals surface area (Å²) in [4.78, 5) is 22.7. The highest BCUT2D eigenvalue weighted by molar-refractivity contribution is 7.89. The zero-order valence-corrected chi connectivity index (χ0v) is 18.1. The standard InChI is InChI=1S/C20H22N2O9S/c1-2-29-17-3-5-18(6-4-17)32(26,27)21-8-7-19(23)30-12-15-10-16(22(24)25)9-14-11-28-13-31-20(14)15/h3-6,9-10,21H,2,7-8,11-13H2,1H3. The fourth-order valence-electron chi connectivity index (χ4n) is 2.98. The number of hydrogen-bond acceptors (Lipinski definition) is 9. The molecule has 0 saturated carbocycles. The lowest BCUT2D eigenvalue weighted by atomic mass is 10.1. The van der Waals surface area contributed by atoms with Gasteiger partial charge in [-0.05, 0) is 31.2 Å². The molecule has 1 aliphatic heterocycles. The minimum atomic E-state index is -3.80. The monoisotopic (exact) mass is 466 g/mol. The van der Waals surface area contributed by atoms with Gasteiger partial charge in [-0.2, -0.15) is 0 Å². The average Bonchev–Trinajstić information content (AvgIpc) is 2.77. The third-order valence-corrected chi connectivity index (χ3v) is 5.91. The number of nitro benzene ring substituents is 1. The summed E-state index contributed by atoms with van der Waals surface area (Å²) in [5.41, 5.74) is 0.646. The van der Waals surface area contributed by atoms with Crippen molar-refractivity contribution in [3.05, 3.63) is 57.6 Å². The van der Waals surface area contributed by atoms with Crippen molar-refractivity contribution in [1.29, 1.82) is 0 Å². The Bertz CT molecular complexity index is 1080. The largest absolute Gasteiger partial charge is 0.494 e. The fraction of sp³-hybridized carbons (Fsp3) is 0.350. The molecule has 12 heteroatoms. The molecule has 0 atom stereocenters. The number of hydrogen-bond donors (Lipinski definition) is 1. The summed E-state index contributed by atoms with van der Waals surface area (Å²) in [5, 5.41) is 11.1. The summed E-state index contributed by atoms with van der Waals surface area (Å²) in [6.45, 7) is 1.98. The van der Waals surface area contributed by atoms with Crippen molar-refractivity contribution in [2.75, 3.05) is 19.9 Å². The van der Waals surface area contributed by atoms with Crippen LogP contribution in [0.1, 0.15) is 24.5 Å². The first-order chi connectivity index (χ1) is 15.3. The Morgan fingerprint density at radius 1 is 1.25 bits per heavy atom. The van der Waals surface area contributed by atoms with Gasteiger partial charge in [0.15, 0.2) is 6.79 Å². The normalized spacial score (nSPS) is 13.0. The number of carbonyl (C=O) groups excluding carboxylic acids is 1. The smallest absolute Gasteiger partial charge is 0.307 e. The number of benzene rings is 2. The van der Waals surface area contributed by atoms with Crippen LogP contribution in [0.4, 0.5) is 5.69 Å². The Morgan fingerprint density at radius 2 is 2.00 bits per heavy atom. The number of esters is 1. The minimum Gasteiger partial charge on any atom is -0.494 e. The highest BCUT2D eigenvalue weighted by Crippen LogP contribution is 2.33. The number of ether oxygens (including phenoxy) is 4. The lowest BCUT2D eigenvalue weighted by Gasteiger charge is -2.20. The van der Waals surface area contributed by atoms with Crippen molar-refractivity contribution >= 4 is 21.7 Å². The van der Waals surface area contributed by atoms with Gasteiger partial charge in [0, 0.05) is 29.8 Å². The molecular formula is C20H22N2O9S. The van der Waals surface area contributed by atoms with Crippen LogP contribution in [0.25, 0.3) is 0 Å². The van der Waals surface area contributed by atoms with E-state index in [0.717, 1.165) is 0 Å². The van der Waals surface area contributed by atoms with Crippen molar-refractivity contribution < 1.29 is 37.1 Å². The predicted molar refractivity (Wildman–Crippen MR) is 111 cm³/mol. The SMILES string of the molecule is CCOc1ccc(S(=O)(=O)NCCC(=O)OCc2cc([N+](=O)[O-])cc3c2OCOC3)cc1. The minimum absolute atomic E-state index is 0.0148. The second kappa shape index (κ2) is 10.4. The molecule has 0 fully saturated rings. The molecule has 2 aromatic carbocycles. The molecule has 0 radical (unpaired) electrons. The second-order valence-electron chi connectivity index (χ2n) is 6.67. The third kappa shape index (κ3) is 5.93. The van der Waals surface area contributed by atoms with Gasteiger partial charge >= 0.3 is 5.97 Å². The summed E-state index contributed by atoms with van der Waals surface area (Å²) < 4.78 is 47.9. The molecule has 0 spiro atoms. The van der Waals surface area contributed by atoms with Crippen LogP contribution in [0.5, 0.6) is 11.5 Å². The molecule has 1 N–H and O–H groups in total. The van der Waals surface area contributed by atoms with E-state index in [1.54, 1.807) is 12.1 Å². The van der Waals surface area contributed by atoms with E-state index in [9.17, 15) is 23.3 Å². The van der Waals surface area contributed by atoms with Gasteiger partial charge in [-0.1, -0.05) is 0 Å². The van der Waals surface area contributed by atoms with Crippen molar-refractivity contribution in [1.82, 2.24) is 4.72 Å². The van der Waals surface area contributed by atoms with Gasteiger partial charge in [-0.3, -0.25) is 14.9 Å². The molecule has 0 amide bonds. The maximum absolute atomic E-state index is 12.3. The van der Waals surface area contributed by atoms with Crippen molar-refractivity contribution in [2.45, 2.75) is 31.5 Å². The van der Waals surface area contributed by atoms with E-state index in [1.807, 2.05) is 6.92 Å². The van der Waals surface area contributed by atoms with Gasteiger partial charge in [-0.25, -0.2) is 13.1 Å². The van der Waals surface area contributed by atoms with E-state index in [0.29, 0.717) is 29.2 Å². The Morgan fingerprint density at radius 3 is 2.69 bits per heavy atom. The molecule has 3 rings (SSSR count). The molecule has 0 bridgehead atoms. The number of rotatable bonds is 10. The zero-order valence-electron chi connectivity index (χ0n) is 17.2.